The molecule has 27 heavy (non-hydrogen) atoms. The molecule has 0 saturated carbocycles. The fraction of sp³-hybridized carbons (Fsp3) is 0.579. The maximum atomic E-state index is 12.9. The Hall–Kier alpha value is -2.48. The van der Waals surface area contributed by atoms with Crippen molar-refractivity contribution in [2.24, 2.45) is 5.92 Å². The summed E-state index contributed by atoms with van der Waals surface area (Å²) >= 11 is 0. The number of methoxy groups -OCH3 is 1. The molecule has 0 bridgehead atoms. The lowest BCUT2D eigenvalue weighted by atomic mass is 10.1. The van der Waals surface area contributed by atoms with Gasteiger partial charge >= 0.3 is 5.97 Å². The van der Waals surface area contributed by atoms with Crippen LogP contribution in [-0.2, 0) is 9.53 Å². The van der Waals surface area contributed by atoms with E-state index in [4.69, 9.17) is 4.74 Å². The van der Waals surface area contributed by atoms with Gasteiger partial charge in [0.25, 0.3) is 11.6 Å². The fourth-order valence-electron chi connectivity index (χ4n) is 2.84. The van der Waals surface area contributed by atoms with E-state index in [0.29, 0.717) is 6.54 Å². The van der Waals surface area contributed by atoms with Crippen molar-refractivity contribution in [1.29, 1.82) is 0 Å². The van der Waals surface area contributed by atoms with Crippen molar-refractivity contribution >= 4 is 17.6 Å². The lowest BCUT2D eigenvalue weighted by Gasteiger charge is -2.26. The second-order valence-electron chi connectivity index (χ2n) is 6.36. The average molecular weight is 379 g/mol. The van der Waals surface area contributed by atoms with E-state index in [1.54, 1.807) is 17.9 Å². The second-order valence-corrected chi connectivity index (χ2v) is 6.36. The third kappa shape index (κ3) is 6.97. The molecule has 8 nitrogen and oxygen atoms in total. The molecule has 0 aromatic heterocycles. The van der Waals surface area contributed by atoms with Gasteiger partial charge in [-0.1, -0.05) is 26.8 Å². The van der Waals surface area contributed by atoms with Crippen molar-refractivity contribution < 1.29 is 19.2 Å². The Morgan fingerprint density at radius 1 is 1.22 bits per heavy atom. The highest BCUT2D eigenvalue weighted by atomic mass is 16.6. The molecule has 0 heterocycles. The van der Waals surface area contributed by atoms with Gasteiger partial charge in [-0.25, -0.2) is 0 Å². The van der Waals surface area contributed by atoms with Crippen LogP contribution in [0.25, 0.3) is 0 Å². The molecule has 150 valence electrons. The van der Waals surface area contributed by atoms with Crippen molar-refractivity contribution in [2.75, 3.05) is 39.8 Å². The maximum Gasteiger partial charge on any atom is 0.310 e. The number of amides is 1. The summed E-state index contributed by atoms with van der Waals surface area (Å²) in [6.07, 6.45) is 0.746. The van der Waals surface area contributed by atoms with Crippen LogP contribution in [0.15, 0.2) is 24.3 Å². The third-order valence-corrected chi connectivity index (χ3v) is 4.49. The predicted octanol–water partition coefficient (Wildman–Crippen LogP) is 2.58. The number of carbonyl (C=O) groups excluding carboxylic acids is 2. The van der Waals surface area contributed by atoms with Gasteiger partial charge in [0.05, 0.1) is 18.0 Å². The summed E-state index contributed by atoms with van der Waals surface area (Å²) in [4.78, 5) is 39.0. The van der Waals surface area contributed by atoms with Gasteiger partial charge in [-0.3, -0.25) is 19.7 Å². The van der Waals surface area contributed by atoms with Gasteiger partial charge in [0.1, 0.15) is 0 Å². The highest BCUT2D eigenvalue weighted by molar-refractivity contribution is 5.95. The predicted molar refractivity (Wildman–Crippen MR) is 103 cm³/mol. The number of esters is 1. The van der Waals surface area contributed by atoms with E-state index in [1.807, 2.05) is 0 Å². The molecule has 0 fully saturated rings. The number of nitrogens with zero attached hydrogens (tertiary/aromatic N) is 3. The third-order valence-electron chi connectivity index (χ3n) is 4.49. The lowest BCUT2D eigenvalue weighted by molar-refractivity contribution is -0.384. The fourth-order valence-corrected chi connectivity index (χ4v) is 2.84. The van der Waals surface area contributed by atoms with Crippen LogP contribution in [0.4, 0.5) is 5.69 Å². The Morgan fingerprint density at radius 3 is 2.44 bits per heavy atom. The summed E-state index contributed by atoms with van der Waals surface area (Å²) in [6, 6.07) is 5.65. The highest BCUT2D eigenvalue weighted by Crippen LogP contribution is 2.16. The quantitative estimate of drug-likeness (QED) is 0.333. The second kappa shape index (κ2) is 11.3. The first kappa shape index (κ1) is 22.6. The van der Waals surface area contributed by atoms with Crippen molar-refractivity contribution in [3.63, 3.8) is 0 Å². The lowest BCUT2D eigenvalue weighted by Crippen LogP contribution is -2.39. The van der Waals surface area contributed by atoms with E-state index in [-0.39, 0.29) is 23.7 Å². The number of carbonyl (C=O) groups is 2. The first-order valence-electron chi connectivity index (χ1n) is 9.17. The molecule has 0 aliphatic heterocycles. The summed E-state index contributed by atoms with van der Waals surface area (Å²) in [7, 11) is 1.31. The maximum absolute atomic E-state index is 12.9. The van der Waals surface area contributed by atoms with Crippen LogP contribution >= 0.6 is 0 Å². The van der Waals surface area contributed by atoms with Gasteiger partial charge in [-0.15, -0.1) is 0 Å². The molecule has 0 aliphatic carbocycles. The molecule has 1 aromatic rings. The normalized spacial score (nSPS) is 11.9. The molecule has 8 heteroatoms. The molecular formula is C19H29N3O5. The molecule has 0 spiro atoms. The Kier molecular flexibility index (Phi) is 9.42. The van der Waals surface area contributed by atoms with Crippen LogP contribution < -0.4 is 0 Å². The number of nitro groups is 1. The van der Waals surface area contributed by atoms with Gasteiger partial charge in [0.2, 0.25) is 0 Å². The number of hydrogen-bond acceptors (Lipinski definition) is 6. The standard InChI is InChI=1S/C19H29N3O5/c1-5-20(6-2)11-8-12-21(14-15(3)19(24)27-4)18(23)16-9-7-10-17(13-16)22(25)26/h7,9-10,13,15H,5-6,8,11-12,14H2,1-4H3. The molecule has 1 amide bonds. The minimum absolute atomic E-state index is 0.134. The molecule has 0 N–H and O–H groups in total. The summed E-state index contributed by atoms with van der Waals surface area (Å²) < 4.78 is 4.75. The Morgan fingerprint density at radius 2 is 1.89 bits per heavy atom. The van der Waals surface area contributed by atoms with Crippen molar-refractivity contribution in [3.8, 4) is 0 Å². The van der Waals surface area contributed by atoms with Gasteiger partial charge in [0, 0.05) is 30.8 Å². The molecule has 1 atom stereocenters. The average Bonchev–Trinajstić information content (AvgIpc) is 2.68. The highest BCUT2D eigenvalue weighted by Gasteiger charge is 2.23. The van der Waals surface area contributed by atoms with Gasteiger partial charge in [0.15, 0.2) is 0 Å². The van der Waals surface area contributed by atoms with E-state index in [9.17, 15) is 19.7 Å². The summed E-state index contributed by atoms with van der Waals surface area (Å²) in [5.74, 6) is -1.20. The number of rotatable bonds is 11. The molecule has 1 unspecified atom stereocenters. The van der Waals surface area contributed by atoms with E-state index in [0.717, 1.165) is 26.1 Å². The summed E-state index contributed by atoms with van der Waals surface area (Å²) in [5.41, 5.74) is 0.106. The number of ether oxygens (including phenoxy) is 1. The smallest absolute Gasteiger partial charge is 0.310 e. The minimum atomic E-state index is -0.529. The zero-order valence-electron chi connectivity index (χ0n) is 16.5. The summed E-state index contributed by atoms with van der Waals surface area (Å²) in [6.45, 7) is 9.19. The van der Waals surface area contributed by atoms with E-state index in [1.165, 1.54) is 25.3 Å². The van der Waals surface area contributed by atoms with Crippen LogP contribution in [0.5, 0.6) is 0 Å². The van der Waals surface area contributed by atoms with Crippen molar-refractivity contribution in [1.82, 2.24) is 9.80 Å². The Bertz CT molecular complexity index is 646. The van der Waals surface area contributed by atoms with Crippen LogP contribution in [0, 0.1) is 16.0 Å². The largest absolute Gasteiger partial charge is 0.469 e. The molecule has 1 aromatic carbocycles. The number of nitro benzene ring substituents is 1. The zero-order valence-corrected chi connectivity index (χ0v) is 16.5. The zero-order chi connectivity index (χ0) is 20.4. The van der Waals surface area contributed by atoms with Gasteiger partial charge < -0.3 is 14.5 Å². The Balaban J connectivity index is 2.94. The van der Waals surface area contributed by atoms with Crippen LogP contribution in [0.1, 0.15) is 37.6 Å². The van der Waals surface area contributed by atoms with E-state index < -0.39 is 16.8 Å². The first-order valence-corrected chi connectivity index (χ1v) is 9.17. The monoisotopic (exact) mass is 379 g/mol. The molecule has 0 aliphatic rings. The summed E-state index contributed by atoms with van der Waals surface area (Å²) in [5, 5.41) is 11.0. The molecular weight excluding hydrogens is 350 g/mol. The number of benzene rings is 1. The van der Waals surface area contributed by atoms with Crippen LogP contribution in [0.3, 0.4) is 0 Å². The van der Waals surface area contributed by atoms with Gasteiger partial charge in [-0.2, -0.15) is 0 Å². The van der Waals surface area contributed by atoms with Crippen LogP contribution in [-0.4, -0.2) is 66.4 Å². The topological polar surface area (TPSA) is 93.0 Å². The molecule has 1 rings (SSSR count). The Labute approximate surface area is 160 Å². The van der Waals surface area contributed by atoms with Crippen LogP contribution in [0.2, 0.25) is 0 Å². The number of non-ortho nitro benzene ring substituents is 1. The van der Waals surface area contributed by atoms with E-state index in [2.05, 4.69) is 18.7 Å². The van der Waals surface area contributed by atoms with Gasteiger partial charge in [-0.05, 0) is 32.1 Å². The van der Waals surface area contributed by atoms with E-state index >= 15 is 0 Å². The van der Waals surface area contributed by atoms with Crippen molar-refractivity contribution in [3.05, 3.63) is 39.9 Å². The number of hydrogen-bond donors (Lipinski definition) is 0. The van der Waals surface area contributed by atoms with Crippen molar-refractivity contribution in [2.45, 2.75) is 27.2 Å². The molecule has 0 saturated heterocycles. The SMILES string of the molecule is CCN(CC)CCCN(CC(C)C(=O)OC)C(=O)c1cccc([N+](=O)[O-])c1. The minimum Gasteiger partial charge on any atom is -0.469 e. The first-order chi connectivity index (χ1) is 12.8. The molecule has 0 radical (unpaired) electrons.